The molecule has 13 heavy (non-hydrogen) atoms. The van der Waals surface area contributed by atoms with E-state index in [2.05, 4.69) is 50.3 Å². The van der Waals surface area contributed by atoms with Crippen LogP contribution in [0.1, 0.15) is 47.0 Å². The highest BCUT2D eigenvalue weighted by atomic mass is 127. The molecule has 1 nitrogen and oxygen atoms in total. The van der Waals surface area contributed by atoms with Crippen LogP contribution in [0.3, 0.4) is 0 Å². The predicted octanol–water partition coefficient (Wildman–Crippen LogP) is 3.80. The van der Waals surface area contributed by atoms with E-state index in [-0.39, 0.29) is 11.2 Å². The molecule has 0 aromatic rings. The molecule has 2 heteroatoms. The summed E-state index contributed by atoms with van der Waals surface area (Å²) in [5, 5.41) is 0. The normalized spacial score (nSPS) is 40.2. The summed E-state index contributed by atoms with van der Waals surface area (Å²) >= 11 is 2.44. The van der Waals surface area contributed by atoms with Gasteiger partial charge in [0.1, 0.15) is 0 Å². The molecule has 0 aromatic carbocycles. The van der Waals surface area contributed by atoms with Crippen LogP contribution in [0.5, 0.6) is 0 Å². The van der Waals surface area contributed by atoms with E-state index in [1.54, 1.807) is 0 Å². The highest BCUT2D eigenvalue weighted by Gasteiger charge is 2.46. The molecular weight excluding hydrogens is 275 g/mol. The lowest BCUT2D eigenvalue weighted by Gasteiger charge is -2.35. The van der Waals surface area contributed by atoms with Gasteiger partial charge in [-0.3, -0.25) is 0 Å². The minimum atomic E-state index is 0.140. The lowest BCUT2D eigenvalue weighted by molar-refractivity contribution is -0.108. The van der Waals surface area contributed by atoms with Gasteiger partial charge in [0.2, 0.25) is 0 Å². The van der Waals surface area contributed by atoms with Gasteiger partial charge in [0.15, 0.2) is 0 Å². The van der Waals surface area contributed by atoms with Crippen molar-refractivity contribution in [3.8, 4) is 0 Å². The Morgan fingerprint density at radius 2 is 2.00 bits per heavy atom. The fourth-order valence-corrected chi connectivity index (χ4v) is 2.76. The van der Waals surface area contributed by atoms with Gasteiger partial charge in [-0.2, -0.15) is 0 Å². The molecule has 0 bridgehead atoms. The van der Waals surface area contributed by atoms with Crippen LogP contribution in [-0.4, -0.2) is 15.6 Å². The van der Waals surface area contributed by atoms with Crippen molar-refractivity contribution in [2.75, 3.05) is 4.43 Å². The van der Waals surface area contributed by atoms with Crippen LogP contribution in [0.2, 0.25) is 0 Å². The van der Waals surface area contributed by atoms with E-state index in [9.17, 15) is 0 Å². The number of halogens is 1. The fourth-order valence-electron chi connectivity index (χ4n) is 2.23. The van der Waals surface area contributed by atoms with Gasteiger partial charge in [-0.25, -0.2) is 0 Å². The molecule has 1 rings (SSSR count). The minimum Gasteiger partial charge on any atom is -0.368 e. The number of ether oxygens (including phenoxy) is 1. The molecule has 1 heterocycles. The summed E-state index contributed by atoms with van der Waals surface area (Å²) in [5.74, 6) is 0.641. The topological polar surface area (TPSA) is 9.23 Å². The highest BCUT2D eigenvalue weighted by Crippen LogP contribution is 2.44. The van der Waals surface area contributed by atoms with Crippen molar-refractivity contribution in [3.63, 3.8) is 0 Å². The number of hydrogen-bond acceptors (Lipinski definition) is 1. The van der Waals surface area contributed by atoms with Crippen molar-refractivity contribution in [3.05, 3.63) is 0 Å². The van der Waals surface area contributed by atoms with Crippen LogP contribution in [0.25, 0.3) is 0 Å². The standard InChI is InChI=1S/C11H21IO/c1-5-11(9(2)3)7-6-10(4,8-12)13-11/h9H,5-8H2,1-4H3. The van der Waals surface area contributed by atoms with Crippen molar-refractivity contribution in [1.82, 2.24) is 0 Å². The molecule has 1 saturated heterocycles. The van der Waals surface area contributed by atoms with Gasteiger partial charge in [-0.1, -0.05) is 43.4 Å². The molecule has 78 valence electrons. The Kier molecular flexibility index (Phi) is 3.67. The Hall–Kier alpha value is 0.690. The van der Waals surface area contributed by atoms with Crippen molar-refractivity contribution < 1.29 is 4.74 Å². The zero-order chi connectivity index (χ0) is 10.1. The Morgan fingerprint density at radius 3 is 2.23 bits per heavy atom. The Balaban J connectivity index is 2.74. The second-order valence-electron chi connectivity index (χ2n) is 4.76. The maximum atomic E-state index is 6.29. The minimum absolute atomic E-state index is 0.140. The molecule has 1 aliphatic heterocycles. The molecule has 0 N–H and O–H groups in total. The zero-order valence-electron chi connectivity index (χ0n) is 9.19. The van der Waals surface area contributed by atoms with Crippen LogP contribution in [-0.2, 0) is 4.74 Å². The van der Waals surface area contributed by atoms with E-state index in [4.69, 9.17) is 4.74 Å². The van der Waals surface area contributed by atoms with E-state index < -0.39 is 0 Å². The van der Waals surface area contributed by atoms with Crippen LogP contribution in [0.4, 0.5) is 0 Å². The average molecular weight is 296 g/mol. The van der Waals surface area contributed by atoms with Crippen LogP contribution < -0.4 is 0 Å². The van der Waals surface area contributed by atoms with E-state index in [0.29, 0.717) is 5.92 Å². The summed E-state index contributed by atoms with van der Waals surface area (Å²) in [6.07, 6.45) is 3.61. The number of rotatable bonds is 3. The molecular formula is C11H21IO. The molecule has 0 aliphatic carbocycles. The molecule has 0 saturated carbocycles. The van der Waals surface area contributed by atoms with E-state index in [1.165, 1.54) is 12.8 Å². The second-order valence-corrected chi connectivity index (χ2v) is 5.52. The first-order valence-corrected chi connectivity index (χ1v) is 6.77. The second kappa shape index (κ2) is 4.05. The average Bonchev–Trinajstić information content (AvgIpc) is 2.46. The summed E-state index contributed by atoms with van der Waals surface area (Å²) < 4.78 is 7.40. The number of hydrogen-bond donors (Lipinski definition) is 0. The highest BCUT2D eigenvalue weighted by molar-refractivity contribution is 14.1. The van der Waals surface area contributed by atoms with Gasteiger partial charge in [0.25, 0.3) is 0 Å². The van der Waals surface area contributed by atoms with E-state index >= 15 is 0 Å². The first-order valence-electron chi connectivity index (χ1n) is 5.24. The monoisotopic (exact) mass is 296 g/mol. The molecule has 0 amide bonds. The molecule has 0 spiro atoms. The van der Waals surface area contributed by atoms with Gasteiger partial charge in [-0.05, 0) is 32.1 Å². The van der Waals surface area contributed by atoms with Crippen LogP contribution in [0.15, 0.2) is 0 Å². The lowest BCUT2D eigenvalue weighted by Crippen LogP contribution is -2.38. The zero-order valence-corrected chi connectivity index (χ0v) is 11.3. The maximum absolute atomic E-state index is 6.29. The third-order valence-corrected chi connectivity index (χ3v) is 5.07. The van der Waals surface area contributed by atoms with Crippen molar-refractivity contribution in [2.45, 2.75) is 58.2 Å². The van der Waals surface area contributed by atoms with Crippen LogP contribution >= 0.6 is 22.6 Å². The molecule has 1 aliphatic rings. The third-order valence-electron chi connectivity index (χ3n) is 3.46. The van der Waals surface area contributed by atoms with Crippen molar-refractivity contribution in [2.24, 2.45) is 5.92 Å². The summed E-state index contributed by atoms with van der Waals surface area (Å²) in [6, 6.07) is 0. The molecule has 1 fully saturated rings. The number of alkyl halides is 1. The van der Waals surface area contributed by atoms with E-state index in [1.807, 2.05) is 0 Å². The molecule has 0 radical (unpaired) electrons. The third kappa shape index (κ3) is 2.20. The summed E-state index contributed by atoms with van der Waals surface area (Å²) in [7, 11) is 0. The Labute approximate surface area is 95.8 Å². The van der Waals surface area contributed by atoms with Gasteiger partial charge in [0.05, 0.1) is 11.2 Å². The predicted molar refractivity (Wildman–Crippen MR) is 65.5 cm³/mol. The molecule has 0 aromatic heterocycles. The van der Waals surface area contributed by atoms with Crippen molar-refractivity contribution in [1.29, 1.82) is 0 Å². The van der Waals surface area contributed by atoms with Gasteiger partial charge in [0, 0.05) is 4.43 Å². The lowest BCUT2D eigenvalue weighted by atomic mass is 9.85. The molecule has 2 atom stereocenters. The summed E-state index contributed by atoms with van der Waals surface area (Å²) in [5.41, 5.74) is 0.306. The van der Waals surface area contributed by atoms with Gasteiger partial charge < -0.3 is 4.74 Å². The van der Waals surface area contributed by atoms with Gasteiger partial charge in [-0.15, -0.1) is 0 Å². The first-order chi connectivity index (χ1) is 5.98. The SMILES string of the molecule is CCC1(C(C)C)CCC(C)(CI)O1. The first kappa shape index (κ1) is 11.8. The van der Waals surface area contributed by atoms with E-state index in [0.717, 1.165) is 10.8 Å². The van der Waals surface area contributed by atoms with Crippen molar-refractivity contribution >= 4 is 22.6 Å². The van der Waals surface area contributed by atoms with Gasteiger partial charge >= 0.3 is 0 Å². The Morgan fingerprint density at radius 1 is 1.38 bits per heavy atom. The Bertz CT molecular complexity index is 181. The largest absolute Gasteiger partial charge is 0.368 e. The summed E-state index contributed by atoms with van der Waals surface area (Å²) in [4.78, 5) is 0. The van der Waals surface area contributed by atoms with Crippen LogP contribution in [0, 0.1) is 5.92 Å². The fraction of sp³-hybridized carbons (Fsp3) is 1.00. The maximum Gasteiger partial charge on any atom is 0.0752 e. The summed E-state index contributed by atoms with van der Waals surface area (Å²) in [6.45, 7) is 9.06. The quantitative estimate of drug-likeness (QED) is 0.568. The smallest absolute Gasteiger partial charge is 0.0752 e. The molecule has 2 unspecified atom stereocenters.